The van der Waals surface area contributed by atoms with Crippen molar-refractivity contribution < 1.29 is 9.59 Å². The highest BCUT2D eigenvalue weighted by Crippen LogP contribution is 2.15. The summed E-state index contributed by atoms with van der Waals surface area (Å²) in [5, 5.41) is 2.53. The van der Waals surface area contributed by atoms with Gasteiger partial charge in [0.15, 0.2) is 0 Å². The molecule has 0 atom stereocenters. The van der Waals surface area contributed by atoms with Crippen LogP contribution in [0.1, 0.15) is 10.4 Å². The summed E-state index contributed by atoms with van der Waals surface area (Å²) >= 11 is 5.72. The molecule has 13 heavy (non-hydrogen) atoms. The molecule has 4 heteroatoms. The number of hydrogen-bond acceptors (Lipinski definition) is 2. The summed E-state index contributed by atoms with van der Waals surface area (Å²) in [7, 11) is 1.40. The number of halogens is 1. The van der Waals surface area contributed by atoms with Crippen LogP contribution in [0.2, 0.25) is 5.02 Å². The molecule has 0 aliphatic rings. The van der Waals surface area contributed by atoms with Crippen molar-refractivity contribution in [2.45, 2.75) is 0 Å². The number of carbonyl (C=O) groups is 2. The maximum absolute atomic E-state index is 11.3. The second kappa shape index (κ2) is 4.05. The molecule has 0 fully saturated rings. The normalized spacial score (nSPS) is 9.38. The van der Waals surface area contributed by atoms with Crippen LogP contribution in [0.15, 0.2) is 24.3 Å². The van der Waals surface area contributed by atoms with Crippen LogP contribution >= 0.6 is 11.6 Å². The number of nitrogens with one attached hydrogen (secondary N) is 1. The van der Waals surface area contributed by atoms with Crippen LogP contribution in [0.25, 0.3) is 0 Å². The first kappa shape index (κ1) is 9.74. The Labute approximate surface area is 80.7 Å². The van der Waals surface area contributed by atoms with Crippen molar-refractivity contribution >= 4 is 23.3 Å². The number of Topliss-reactive ketones (excluding diaryl/α,β-unsaturated/α-hetero) is 1. The van der Waals surface area contributed by atoms with E-state index in [-0.39, 0.29) is 10.6 Å². The van der Waals surface area contributed by atoms with Crippen LogP contribution in [0.3, 0.4) is 0 Å². The highest BCUT2D eigenvalue weighted by atomic mass is 35.5. The number of carbonyl (C=O) groups excluding carboxylic acids is 2. The van der Waals surface area contributed by atoms with E-state index in [2.05, 4.69) is 5.32 Å². The molecule has 0 radical (unpaired) electrons. The molecule has 1 rings (SSSR count). The van der Waals surface area contributed by atoms with E-state index in [0.717, 1.165) is 0 Å². The van der Waals surface area contributed by atoms with E-state index in [1.165, 1.54) is 13.1 Å². The Bertz CT molecular complexity index is 349. The fourth-order valence-corrected chi connectivity index (χ4v) is 1.10. The third kappa shape index (κ3) is 2.06. The average molecular weight is 198 g/mol. The van der Waals surface area contributed by atoms with E-state index in [9.17, 15) is 9.59 Å². The first-order chi connectivity index (χ1) is 6.16. The van der Waals surface area contributed by atoms with Gasteiger partial charge in [-0.1, -0.05) is 23.7 Å². The topological polar surface area (TPSA) is 46.2 Å². The molecule has 68 valence electrons. The largest absolute Gasteiger partial charge is 0.352 e. The van der Waals surface area contributed by atoms with Gasteiger partial charge in [-0.25, -0.2) is 0 Å². The SMILES string of the molecule is CNC(=O)C(=O)c1ccccc1Cl. The van der Waals surface area contributed by atoms with Crippen LogP contribution in [-0.4, -0.2) is 18.7 Å². The van der Waals surface area contributed by atoms with E-state index in [0.29, 0.717) is 0 Å². The Morgan fingerprint density at radius 1 is 1.31 bits per heavy atom. The van der Waals surface area contributed by atoms with Crippen LogP contribution < -0.4 is 5.32 Å². The molecule has 0 saturated carbocycles. The lowest BCUT2D eigenvalue weighted by molar-refractivity contribution is -0.116. The average Bonchev–Trinajstić information content (AvgIpc) is 2.16. The summed E-state index contributed by atoms with van der Waals surface area (Å²) in [5.41, 5.74) is 0.225. The molecule has 0 heterocycles. The quantitative estimate of drug-likeness (QED) is 0.573. The summed E-state index contributed by atoms with van der Waals surface area (Å²) < 4.78 is 0. The highest BCUT2D eigenvalue weighted by molar-refractivity contribution is 6.46. The number of benzene rings is 1. The van der Waals surface area contributed by atoms with E-state index in [1.807, 2.05) is 0 Å². The molecule has 1 N–H and O–H groups in total. The van der Waals surface area contributed by atoms with E-state index in [1.54, 1.807) is 18.2 Å². The number of likely N-dealkylation sites (N-methyl/N-ethyl adjacent to an activating group) is 1. The maximum atomic E-state index is 11.3. The van der Waals surface area contributed by atoms with Gasteiger partial charge >= 0.3 is 0 Å². The zero-order valence-corrected chi connectivity index (χ0v) is 7.76. The molecular weight excluding hydrogens is 190 g/mol. The van der Waals surface area contributed by atoms with Crippen LogP contribution in [0.4, 0.5) is 0 Å². The third-order valence-corrected chi connectivity index (χ3v) is 1.88. The molecule has 1 aromatic carbocycles. The second-order valence-electron chi connectivity index (χ2n) is 2.39. The van der Waals surface area contributed by atoms with Gasteiger partial charge in [0.05, 0.1) is 5.02 Å². The fraction of sp³-hybridized carbons (Fsp3) is 0.111. The Morgan fingerprint density at radius 3 is 2.46 bits per heavy atom. The van der Waals surface area contributed by atoms with Crippen molar-refractivity contribution in [3.63, 3.8) is 0 Å². The summed E-state index contributed by atoms with van der Waals surface area (Å²) in [6, 6.07) is 6.43. The smallest absolute Gasteiger partial charge is 0.292 e. The van der Waals surface area contributed by atoms with Crippen molar-refractivity contribution in [2.24, 2.45) is 0 Å². The molecule has 1 amide bonds. The van der Waals surface area contributed by atoms with Crippen molar-refractivity contribution in [1.29, 1.82) is 0 Å². The summed E-state index contributed by atoms with van der Waals surface area (Å²) in [6.07, 6.45) is 0. The van der Waals surface area contributed by atoms with Crippen LogP contribution in [-0.2, 0) is 4.79 Å². The van der Waals surface area contributed by atoms with Gasteiger partial charge in [-0.05, 0) is 12.1 Å². The molecule has 3 nitrogen and oxygen atoms in total. The third-order valence-electron chi connectivity index (χ3n) is 1.55. The predicted molar refractivity (Wildman–Crippen MR) is 49.8 cm³/mol. The first-order valence-electron chi connectivity index (χ1n) is 3.67. The number of amides is 1. The standard InChI is InChI=1S/C9H8ClNO2/c1-11-9(13)8(12)6-4-2-3-5-7(6)10/h2-5H,1H3,(H,11,13). The molecule has 0 saturated heterocycles. The van der Waals surface area contributed by atoms with Crippen molar-refractivity contribution in [3.8, 4) is 0 Å². The molecule has 0 spiro atoms. The Kier molecular flexibility index (Phi) is 3.03. The van der Waals surface area contributed by atoms with Gasteiger partial charge in [0.2, 0.25) is 0 Å². The zero-order valence-electron chi connectivity index (χ0n) is 7.00. The van der Waals surface area contributed by atoms with Gasteiger partial charge in [0.1, 0.15) is 0 Å². The second-order valence-corrected chi connectivity index (χ2v) is 2.80. The lowest BCUT2D eigenvalue weighted by Crippen LogP contribution is -2.27. The molecule has 0 aromatic heterocycles. The van der Waals surface area contributed by atoms with Gasteiger partial charge in [-0.3, -0.25) is 9.59 Å². The van der Waals surface area contributed by atoms with Crippen molar-refractivity contribution in [2.75, 3.05) is 7.05 Å². The van der Waals surface area contributed by atoms with Crippen LogP contribution in [0.5, 0.6) is 0 Å². The summed E-state index contributed by atoms with van der Waals surface area (Å²) in [4.78, 5) is 22.2. The molecular formula is C9H8ClNO2. The Morgan fingerprint density at radius 2 is 1.92 bits per heavy atom. The molecule has 0 bridgehead atoms. The minimum absolute atomic E-state index is 0.225. The van der Waals surface area contributed by atoms with E-state index < -0.39 is 11.7 Å². The predicted octanol–water partition coefficient (Wildman–Crippen LogP) is 1.27. The number of hydrogen-bond donors (Lipinski definition) is 1. The lowest BCUT2D eigenvalue weighted by atomic mass is 10.1. The van der Waals surface area contributed by atoms with Crippen molar-refractivity contribution in [3.05, 3.63) is 34.9 Å². The van der Waals surface area contributed by atoms with Gasteiger partial charge in [0, 0.05) is 12.6 Å². The van der Waals surface area contributed by atoms with Gasteiger partial charge < -0.3 is 5.32 Å². The molecule has 0 aliphatic heterocycles. The van der Waals surface area contributed by atoms with Gasteiger partial charge in [-0.2, -0.15) is 0 Å². The summed E-state index contributed by atoms with van der Waals surface area (Å²) in [6.45, 7) is 0. The summed E-state index contributed by atoms with van der Waals surface area (Å²) in [5.74, 6) is -1.28. The van der Waals surface area contributed by atoms with Gasteiger partial charge in [-0.15, -0.1) is 0 Å². The molecule has 0 unspecified atom stereocenters. The highest BCUT2D eigenvalue weighted by Gasteiger charge is 2.16. The monoisotopic (exact) mass is 197 g/mol. The first-order valence-corrected chi connectivity index (χ1v) is 4.05. The van der Waals surface area contributed by atoms with Gasteiger partial charge in [0.25, 0.3) is 11.7 Å². The number of rotatable bonds is 2. The maximum Gasteiger partial charge on any atom is 0.292 e. The minimum Gasteiger partial charge on any atom is -0.352 e. The Balaban J connectivity index is 3.02. The minimum atomic E-state index is -0.659. The molecule has 1 aromatic rings. The lowest BCUT2D eigenvalue weighted by Gasteiger charge is -2.00. The van der Waals surface area contributed by atoms with E-state index >= 15 is 0 Å². The Hall–Kier alpha value is -1.35. The van der Waals surface area contributed by atoms with E-state index in [4.69, 9.17) is 11.6 Å². The van der Waals surface area contributed by atoms with Crippen molar-refractivity contribution in [1.82, 2.24) is 5.32 Å². The van der Waals surface area contributed by atoms with Crippen LogP contribution in [0, 0.1) is 0 Å². The zero-order chi connectivity index (χ0) is 9.84. The molecule has 0 aliphatic carbocycles. The number of ketones is 1. The fourth-order valence-electron chi connectivity index (χ4n) is 0.881.